The molecule has 0 spiro atoms. The SMILES string of the molecule is CC/C=C/[C@@H](OC(N)=O)[C@@H](Cl)[C@H](O)CC(O)[C@@H](O)[C@H](O)[C@H](C)/C(Br)=C/C=C/C=C(C)/C=C/C=C/C(=O)O[C@@H]1C[C@@H](C(=O)O)CC[C@@H]1O. The number of aliphatic hydroxyl groups excluding tert-OH is 5. The lowest BCUT2D eigenvalue weighted by molar-refractivity contribution is -0.159. The highest BCUT2D eigenvalue weighted by Crippen LogP contribution is 2.28. The first-order valence-electron chi connectivity index (χ1n) is 15.2. The van der Waals surface area contributed by atoms with Crippen molar-refractivity contribution in [2.24, 2.45) is 17.6 Å². The first kappa shape index (κ1) is 42.2. The minimum absolute atomic E-state index is 0.0682. The fourth-order valence-corrected chi connectivity index (χ4v) is 5.26. The number of halogens is 2. The van der Waals surface area contributed by atoms with Crippen LogP contribution in [0.2, 0.25) is 0 Å². The number of rotatable bonds is 18. The van der Waals surface area contributed by atoms with Gasteiger partial charge in [-0.3, -0.25) is 4.79 Å². The Kier molecular flexibility index (Phi) is 19.7. The number of aliphatic carboxylic acids is 1. The number of esters is 1. The maximum absolute atomic E-state index is 12.1. The van der Waals surface area contributed by atoms with Crippen molar-refractivity contribution in [1.29, 1.82) is 0 Å². The lowest BCUT2D eigenvalue weighted by Crippen LogP contribution is -2.45. The molecule has 1 saturated carbocycles. The van der Waals surface area contributed by atoms with Crippen molar-refractivity contribution < 1.29 is 54.5 Å². The van der Waals surface area contributed by atoms with E-state index in [4.69, 9.17) is 31.9 Å². The van der Waals surface area contributed by atoms with E-state index >= 15 is 0 Å². The predicted octanol–water partition coefficient (Wildman–Crippen LogP) is 3.54. The maximum atomic E-state index is 12.1. The Morgan fingerprint density at radius 1 is 1.00 bits per heavy atom. The van der Waals surface area contributed by atoms with Gasteiger partial charge in [0.05, 0.1) is 30.3 Å². The van der Waals surface area contributed by atoms with Crippen LogP contribution in [0.25, 0.3) is 0 Å². The summed E-state index contributed by atoms with van der Waals surface area (Å²) in [6.45, 7) is 5.29. The van der Waals surface area contributed by atoms with Crippen molar-refractivity contribution >= 4 is 45.6 Å². The summed E-state index contributed by atoms with van der Waals surface area (Å²) in [4.78, 5) is 34.5. The third-order valence-electron chi connectivity index (χ3n) is 7.47. The molecule has 0 aliphatic heterocycles. The highest BCUT2D eigenvalue weighted by Gasteiger charge is 2.36. The Balaban J connectivity index is 2.65. The van der Waals surface area contributed by atoms with Gasteiger partial charge < -0.3 is 45.8 Å². The van der Waals surface area contributed by atoms with Crippen molar-refractivity contribution in [3.8, 4) is 0 Å². The van der Waals surface area contributed by atoms with Gasteiger partial charge in [0.25, 0.3) is 0 Å². The molecule has 0 saturated heterocycles. The molecule has 264 valence electrons. The van der Waals surface area contributed by atoms with Gasteiger partial charge in [0, 0.05) is 29.3 Å². The average molecular weight is 749 g/mol. The minimum atomic E-state index is -1.64. The number of carbonyl (C=O) groups excluding carboxylic acids is 2. The summed E-state index contributed by atoms with van der Waals surface area (Å²) >= 11 is 9.61. The van der Waals surface area contributed by atoms with E-state index in [9.17, 15) is 39.9 Å². The van der Waals surface area contributed by atoms with Crippen LogP contribution in [-0.2, 0) is 19.1 Å². The molecule has 1 aliphatic carbocycles. The molecule has 0 aromatic rings. The van der Waals surface area contributed by atoms with Crippen molar-refractivity contribution in [3.05, 3.63) is 70.8 Å². The largest absolute Gasteiger partial charge is 0.481 e. The number of aliphatic hydroxyl groups is 5. The van der Waals surface area contributed by atoms with E-state index in [1.165, 1.54) is 18.2 Å². The van der Waals surface area contributed by atoms with Gasteiger partial charge in [-0.1, -0.05) is 84.0 Å². The fraction of sp³-hybridized carbons (Fsp3) is 0.545. The second-order valence-corrected chi connectivity index (χ2v) is 12.7. The lowest BCUT2D eigenvalue weighted by atomic mass is 9.85. The van der Waals surface area contributed by atoms with Crippen LogP contribution in [0.5, 0.6) is 0 Å². The lowest BCUT2D eigenvalue weighted by Gasteiger charge is -2.30. The Morgan fingerprint density at radius 2 is 1.64 bits per heavy atom. The van der Waals surface area contributed by atoms with Crippen molar-refractivity contribution in [3.63, 3.8) is 0 Å². The molecule has 1 rings (SSSR count). The first-order valence-corrected chi connectivity index (χ1v) is 16.5. The van der Waals surface area contributed by atoms with Crippen molar-refractivity contribution in [2.45, 2.75) is 101 Å². The van der Waals surface area contributed by atoms with Crippen LogP contribution in [0.4, 0.5) is 4.79 Å². The topological polar surface area (TPSA) is 217 Å². The Morgan fingerprint density at radius 3 is 2.26 bits per heavy atom. The van der Waals surface area contributed by atoms with E-state index in [1.54, 1.807) is 49.5 Å². The zero-order valence-corrected chi connectivity index (χ0v) is 29.0. The Hall–Kier alpha value is -2.78. The fourth-order valence-electron chi connectivity index (χ4n) is 4.59. The quantitative estimate of drug-likeness (QED) is 0.0354. The summed E-state index contributed by atoms with van der Waals surface area (Å²) in [5.41, 5.74) is 5.90. The third kappa shape index (κ3) is 15.8. The van der Waals surface area contributed by atoms with Gasteiger partial charge in [0.2, 0.25) is 0 Å². The highest BCUT2D eigenvalue weighted by molar-refractivity contribution is 9.11. The number of carboxylic acids is 1. The molecular formula is C33H47BrClNO11. The highest BCUT2D eigenvalue weighted by atomic mass is 79.9. The smallest absolute Gasteiger partial charge is 0.405 e. The van der Waals surface area contributed by atoms with Gasteiger partial charge in [-0.25, -0.2) is 9.59 Å². The number of nitrogens with two attached hydrogens (primary N) is 1. The number of carboxylic acid groups (broad SMARTS) is 1. The zero-order chi connectivity index (χ0) is 35.7. The molecule has 47 heavy (non-hydrogen) atoms. The number of primary amides is 1. The van der Waals surface area contributed by atoms with Crippen LogP contribution in [0.15, 0.2) is 70.8 Å². The zero-order valence-electron chi connectivity index (χ0n) is 26.6. The Labute approximate surface area is 288 Å². The molecule has 10 atom stereocenters. The molecule has 0 aromatic heterocycles. The first-order chi connectivity index (χ1) is 22.1. The molecule has 14 heteroatoms. The van der Waals surface area contributed by atoms with Gasteiger partial charge in [-0.05, 0) is 32.3 Å². The van der Waals surface area contributed by atoms with E-state index in [1.807, 2.05) is 13.8 Å². The molecule has 1 fully saturated rings. The molecule has 1 unspecified atom stereocenters. The van der Waals surface area contributed by atoms with Crippen LogP contribution >= 0.6 is 27.5 Å². The normalized spacial score (nSPS) is 24.3. The third-order valence-corrected chi connectivity index (χ3v) is 9.00. The molecule has 8 N–H and O–H groups in total. The van der Waals surface area contributed by atoms with Crippen LogP contribution in [0.1, 0.15) is 52.9 Å². The summed E-state index contributed by atoms with van der Waals surface area (Å²) < 4.78 is 10.7. The molecule has 0 heterocycles. The van der Waals surface area contributed by atoms with E-state index in [-0.39, 0.29) is 12.8 Å². The number of ether oxygens (including phenoxy) is 2. The molecule has 0 radical (unpaired) electrons. The summed E-state index contributed by atoms with van der Waals surface area (Å²) in [6, 6.07) is 0. The molecular weight excluding hydrogens is 702 g/mol. The van der Waals surface area contributed by atoms with E-state index in [0.717, 1.165) is 5.57 Å². The number of hydrogen-bond donors (Lipinski definition) is 7. The molecule has 12 nitrogen and oxygen atoms in total. The van der Waals surface area contributed by atoms with Crippen molar-refractivity contribution in [1.82, 2.24) is 0 Å². The molecule has 0 aromatic carbocycles. The van der Waals surface area contributed by atoms with Gasteiger partial charge in [0.15, 0.2) is 0 Å². The Bertz CT molecular complexity index is 1200. The standard InChI is InChI=1S/C33H47BrClNO11/c1-4-5-13-26(47-33(36)45)29(35)24(38)18-25(39)31(42)30(41)20(3)22(34)12-8-6-10-19(2)11-7-9-14-28(40)46-27-17-21(32(43)44)15-16-23(27)37/h5-14,20-21,23-27,29-31,37-39,41-42H,4,15-18H2,1-3H3,(H2,36,45)(H,43,44)/b8-6+,11-7+,13-5+,14-9+,19-10+,22-12-/t20-,21+,23+,24-,25?,26-,27-,29+,30-,31-/m1/s1. The van der Waals surface area contributed by atoms with Gasteiger partial charge in [-0.15, -0.1) is 11.6 Å². The summed E-state index contributed by atoms with van der Waals surface area (Å²) in [5, 5.41) is 60.2. The second-order valence-electron chi connectivity index (χ2n) is 11.3. The van der Waals surface area contributed by atoms with E-state index in [0.29, 0.717) is 17.3 Å². The van der Waals surface area contributed by atoms with Crippen LogP contribution < -0.4 is 5.73 Å². The van der Waals surface area contributed by atoms with E-state index < -0.39 is 84.4 Å². The van der Waals surface area contributed by atoms with Gasteiger partial charge in [0.1, 0.15) is 23.7 Å². The molecule has 1 amide bonds. The minimum Gasteiger partial charge on any atom is -0.481 e. The predicted molar refractivity (Wildman–Crippen MR) is 180 cm³/mol. The van der Waals surface area contributed by atoms with Crippen LogP contribution in [-0.4, -0.2) is 96.8 Å². The maximum Gasteiger partial charge on any atom is 0.405 e. The number of alkyl halides is 1. The van der Waals surface area contributed by atoms with Gasteiger partial charge in [-0.2, -0.15) is 0 Å². The van der Waals surface area contributed by atoms with Crippen LogP contribution in [0.3, 0.4) is 0 Å². The van der Waals surface area contributed by atoms with E-state index in [2.05, 4.69) is 15.9 Å². The number of allylic oxidation sites excluding steroid dienone is 9. The number of carbonyl (C=O) groups is 3. The van der Waals surface area contributed by atoms with Crippen molar-refractivity contribution in [2.75, 3.05) is 0 Å². The molecule has 1 aliphatic rings. The van der Waals surface area contributed by atoms with Gasteiger partial charge >= 0.3 is 18.0 Å². The average Bonchev–Trinajstić information content (AvgIpc) is 3.02. The summed E-state index contributed by atoms with van der Waals surface area (Å²) in [6.07, 6.45) is 6.91. The van der Waals surface area contributed by atoms with Crippen LogP contribution in [0, 0.1) is 11.8 Å². The second kappa shape index (κ2) is 22.0. The summed E-state index contributed by atoms with van der Waals surface area (Å²) in [5.74, 6) is -2.96. The monoisotopic (exact) mass is 747 g/mol. The number of hydrogen-bond acceptors (Lipinski definition) is 10. The molecule has 0 bridgehead atoms. The number of amides is 1. The summed E-state index contributed by atoms with van der Waals surface area (Å²) in [7, 11) is 0.